The first-order valence-electron chi connectivity index (χ1n) is 5.79. The van der Waals surface area contributed by atoms with Crippen molar-refractivity contribution >= 4 is 11.3 Å². The standard InChI is InChI=1S/C12H18N4/c1-4-9(5-2)12-15-14-11-7-6-10(13)8(3)16(11)12/h6-7,9H,4-5,13H2,1-3H3. The molecule has 86 valence electrons. The Morgan fingerprint density at radius 2 is 1.94 bits per heavy atom. The summed E-state index contributed by atoms with van der Waals surface area (Å²) in [4.78, 5) is 0. The van der Waals surface area contributed by atoms with Crippen molar-refractivity contribution in [1.82, 2.24) is 14.6 Å². The molecule has 2 aromatic heterocycles. The van der Waals surface area contributed by atoms with Gasteiger partial charge in [0.2, 0.25) is 0 Å². The maximum atomic E-state index is 5.92. The summed E-state index contributed by atoms with van der Waals surface area (Å²) >= 11 is 0. The molecule has 0 fully saturated rings. The number of nitrogens with two attached hydrogens (primary N) is 1. The highest BCUT2D eigenvalue weighted by Crippen LogP contribution is 2.24. The molecule has 0 saturated carbocycles. The van der Waals surface area contributed by atoms with Gasteiger partial charge in [0.1, 0.15) is 5.82 Å². The van der Waals surface area contributed by atoms with Crippen LogP contribution >= 0.6 is 0 Å². The average Bonchev–Trinajstić information content (AvgIpc) is 2.70. The normalized spacial score (nSPS) is 11.5. The molecule has 2 aromatic rings. The summed E-state index contributed by atoms with van der Waals surface area (Å²) in [6, 6.07) is 3.80. The number of nitrogen functional groups attached to an aromatic ring is 1. The summed E-state index contributed by atoms with van der Waals surface area (Å²) in [5, 5.41) is 8.49. The highest BCUT2D eigenvalue weighted by atomic mass is 15.3. The van der Waals surface area contributed by atoms with E-state index in [0.717, 1.165) is 35.7 Å². The predicted molar refractivity (Wildman–Crippen MR) is 65.5 cm³/mol. The second kappa shape index (κ2) is 4.12. The second-order valence-corrected chi connectivity index (χ2v) is 4.14. The number of pyridine rings is 1. The Bertz CT molecular complexity index is 497. The molecule has 2 heterocycles. The van der Waals surface area contributed by atoms with E-state index in [-0.39, 0.29) is 0 Å². The van der Waals surface area contributed by atoms with E-state index in [4.69, 9.17) is 5.73 Å². The molecule has 2 rings (SSSR count). The number of nitrogens with zero attached hydrogens (tertiary/aromatic N) is 3. The largest absolute Gasteiger partial charge is 0.397 e. The lowest BCUT2D eigenvalue weighted by Gasteiger charge is -2.12. The van der Waals surface area contributed by atoms with E-state index in [2.05, 4.69) is 28.4 Å². The lowest BCUT2D eigenvalue weighted by atomic mass is 10.0. The Morgan fingerprint density at radius 3 is 2.56 bits per heavy atom. The average molecular weight is 218 g/mol. The molecule has 0 atom stereocenters. The fourth-order valence-electron chi connectivity index (χ4n) is 2.09. The third-order valence-corrected chi connectivity index (χ3v) is 3.23. The Hall–Kier alpha value is -1.58. The van der Waals surface area contributed by atoms with Gasteiger partial charge >= 0.3 is 0 Å². The fourth-order valence-corrected chi connectivity index (χ4v) is 2.09. The van der Waals surface area contributed by atoms with Crippen LogP contribution < -0.4 is 5.73 Å². The van der Waals surface area contributed by atoms with Crippen LogP contribution in [0.2, 0.25) is 0 Å². The lowest BCUT2D eigenvalue weighted by Crippen LogP contribution is -2.06. The van der Waals surface area contributed by atoms with Gasteiger partial charge in [0.05, 0.1) is 5.69 Å². The van der Waals surface area contributed by atoms with Crippen molar-refractivity contribution in [3.05, 3.63) is 23.7 Å². The van der Waals surface area contributed by atoms with E-state index in [0.29, 0.717) is 5.92 Å². The van der Waals surface area contributed by atoms with Crippen LogP contribution in [0.1, 0.15) is 44.1 Å². The van der Waals surface area contributed by atoms with E-state index in [1.54, 1.807) is 0 Å². The number of aromatic nitrogens is 3. The highest BCUT2D eigenvalue weighted by molar-refractivity contribution is 5.52. The van der Waals surface area contributed by atoms with Gasteiger partial charge < -0.3 is 5.73 Å². The topological polar surface area (TPSA) is 56.2 Å². The van der Waals surface area contributed by atoms with Gasteiger partial charge in [-0.25, -0.2) is 0 Å². The Morgan fingerprint density at radius 1 is 1.25 bits per heavy atom. The fraction of sp³-hybridized carbons (Fsp3) is 0.500. The van der Waals surface area contributed by atoms with Crippen molar-refractivity contribution in [2.24, 2.45) is 0 Å². The minimum atomic E-state index is 0.454. The van der Waals surface area contributed by atoms with Crippen LogP contribution in [0.3, 0.4) is 0 Å². The van der Waals surface area contributed by atoms with E-state index in [1.165, 1.54) is 0 Å². The van der Waals surface area contributed by atoms with Gasteiger partial charge in [0.15, 0.2) is 5.65 Å². The lowest BCUT2D eigenvalue weighted by molar-refractivity contribution is 0.593. The van der Waals surface area contributed by atoms with E-state index in [9.17, 15) is 0 Å². The minimum Gasteiger partial charge on any atom is -0.397 e. The van der Waals surface area contributed by atoms with E-state index >= 15 is 0 Å². The third kappa shape index (κ3) is 1.54. The first-order valence-corrected chi connectivity index (χ1v) is 5.79. The predicted octanol–water partition coefficient (Wildman–Crippen LogP) is 2.52. The molecule has 0 saturated heterocycles. The SMILES string of the molecule is CCC(CC)c1nnc2ccc(N)c(C)n12. The number of anilines is 1. The summed E-state index contributed by atoms with van der Waals surface area (Å²) in [6.07, 6.45) is 2.15. The van der Waals surface area contributed by atoms with Gasteiger partial charge in [-0.3, -0.25) is 4.40 Å². The molecule has 0 aromatic carbocycles. The van der Waals surface area contributed by atoms with Crippen LogP contribution in [-0.4, -0.2) is 14.6 Å². The summed E-state index contributed by atoms with van der Waals surface area (Å²) in [7, 11) is 0. The van der Waals surface area contributed by atoms with Gasteiger partial charge in [0, 0.05) is 11.6 Å². The smallest absolute Gasteiger partial charge is 0.161 e. The van der Waals surface area contributed by atoms with Crippen LogP contribution in [0.5, 0.6) is 0 Å². The zero-order valence-electron chi connectivity index (χ0n) is 10.1. The molecule has 0 unspecified atom stereocenters. The Labute approximate surface area is 95.5 Å². The van der Waals surface area contributed by atoms with Crippen LogP contribution in [0.25, 0.3) is 5.65 Å². The first-order chi connectivity index (χ1) is 7.69. The minimum absolute atomic E-state index is 0.454. The molecular weight excluding hydrogens is 200 g/mol. The molecular formula is C12H18N4. The van der Waals surface area contributed by atoms with Crippen LogP contribution in [-0.2, 0) is 0 Å². The van der Waals surface area contributed by atoms with Gasteiger partial charge in [-0.2, -0.15) is 0 Å². The molecule has 0 aliphatic rings. The Kier molecular flexibility index (Phi) is 2.81. The zero-order valence-corrected chi connectivity index (χ0v) is 10.1. The zero-order chi connectivity index (χ0) is 11.7. The van der Waals surface area contributed by atoms with Crippen molar-refractivity contribution in [3.63, 3.8) is 0 Å². The van der Waals surface area contributed by atoms with Gasteiger partial charge in [0.25, 0.3) is 0 Å². The molecule has 4 heteroatoms. The molecule has 0 bridgehead atoms. The number of hydrogen-bond acceptors (Lipinski definition) is 3. The van der Waals surface area contributed by atoms with E-state index in [1.807, 2.05) is 19.1 Å². The van der Waals surface area contributed by atoms with Gasteiger partial charge in [-0.15, -0.1) is 10.2 Å². The maximum Gasteiger partial charge on any atom is 0.161 e. The Balaban J connectivity index is 2.67. The van der Waals surface area contributed by atoms with Crippen molar-refractivity contribution in [1.29, 1.82) is 0 Å². The van der Waals surface area contributed by atoms with Crippen LogP contribution in [0, 0.1) is 6.92 Å². The molecule has 0 aliphatic heterocycles. The summed E-state index contributed by atoms with van der Waals surface area (Å²) < 4.78 is 2.08. The third-order valence-electron chi connectivity index (χ3n) is 3.23. The number of hydrogen-bond donors (Lipinski definition) is 1. The van der Waals surface area contributed by atoms with Crippen LogP contribution in [0.15, 0.2) is 12.1 Å². The summed E-state index contributed by atoms with van der Waals surface area (Å²) in [5.41, 5.74) is 8.63. The summed E-state index contributed by atoms with van der Waals surface area (Å²) in [6.45, 7) is 6.37. The maximum absolute atomic E-state index is 5.92. The summed E-state index contributed by atoms with van der Waals surface area (Å²) in [5.74, 6) is 1.49. The van der Waals surface area contributed by atoms with Crippen molar-refractivity contribution in [2.45, 2.75) is 39.5 Å². The highest BCUT2D eigenvalue weighted by Gasteiger charge is 2.16. The first kappa shape index (κ1) is 10.9. The number of aryl methyl sites for hydroxylation is 1. The van der Waals surface area contributed by atoms with Crippen molar-refractivity contribution < 1.29 is 0 Å². The van der Waals surface area contributed by atoms with Crippen molar-refractivity contribution in [2.75, 3.05) is 5.73 Å². The van der Waals surface area contributed by atoms with Crippen molar-refractivity contribution in [3.8, 4) is 0 Å². The van der Waals surface area contributed by atoms with Gasteiger partial charge in [-0.05, 0) is 31.9 Å². The number of fused-ring (bicyclic) bond motifs is 1. The second-order valence-electron chi connectivity index (χ2n) is 4.14. The molecule has 16 heavy (non-hydrogen) atoms. The van der Waals surface area contributed by atoms with Crippen LogP contribution in [0.4, 0.5) is 5.69 Å². The number of rotatable bonds is 3. The monoisotopic (exact) mass is 218 g/mol. The molecule has 0 aliphatic carbocycles. The van der Waals surface area contributed by atoms with Gasteiger partial charge in [-0.1, -0.05) is 13.8 Å². The quantitative estimate of drug-likeness (QED) is 0.861. The molecule has 0 amide bonds. The molecule has 0 radical (unpaired) electrons. The molecule has 2 N–H and O–H groups in total. The molecule has 0 spiro atoms. The molecule has 4 nitrogen and oxygen atoms in total. The van der Waals surface area contributed by atoms with E-state index < -0.39 is 0 Å².